The molecular formula is C19H20N2O2S. The normalized spacial score (nSPS) is 11.1. The molecule has 4 nitrogen and oxygen atoms in total. The largest absolute Gasteiger partial charge is 0.507 e. The number of imidazole rings is 1. The standard InChI is InChI=1S/C19H20N2O2S/c1-4-14-18(21-11-7-6-8-16(21)20-14)17-15(23)10-9-13(12(3)22)19(17)24-5-2/h6-11,23H,4-5H2,1-3H3. The Balaban J connectivity index is 2.41. The van der Waals surface area contributed by atoms with Crippen molar-refractivity contribution < 1.29 is 9.90 Å². The van der Waals surface area contributed by atoms with E-state index in [9.17, 15) is 9.90 Å². The van der Waals surface area contributed by atoms with Crippen molar-refractivity contribution in [2.24, 2.45) is 0 Å². The van der Waals surface area contributed by atoms with Crippen molar-refractivity contribution in [2.75, 3.05) is 5.75 Å². The SMILES string of the molecule is CCSc1c(C(C)=O)ccc(O)c1-c1c(CC)nc2ccccn12. The first-order valence-electron chi connectivity index (χ1n) is 8.04. The first-order valence-corrected chi connectivity index (χ1v) is 9.03. The minimum atomic E-state index is -0.000862. The van der Waals surface area contributed by atoms with Crippen LogP contribution in [0.25, 0.3) is 16.9 Å². The number of aromatic hydroxyl groups is 1. The van der Waals surface area contributed by atoms with E-state index in [2.05, 4.69) is 4.98 Å². The summed E-state index contributed by atoms with van der Waals surface area (Å²) in [5.41, 5.74) is 3.96. The summed E-state index contributed by atoms with van der Waals surface area (Å²) in [4.78, 5) is 17.6. The summed E-state index contributed by atoms with van der Waals surface area (Å²) >= 11 is 1.58. The van der Waals surface area contributed by atoms with Crippen molar-refractivity contribution in [1.82, 2.24) is 9.38 Å². The molecule has 0 radical (unpaired) electrons. The number of aryl methyl sites for hydroxylation is 1. The molecule has 0 aliphatic carbocycles. The lowest BCUT2D eigenvalue weighted by Crippen LogP contribution is -2.01. The predicted octanol–water partition coefficient (Wildman–Crippen LogP) is 4.58. The van der Waals surface area contributed by atoms with Gasteiger partial charge in [-0.25, -0.2) is 4.98 Å². The summed E-state index contributed by atoms with van der Waals surface area (Å²) in [5.74, 6) is 0.991. The molecule has 24 heavy (non-hydrogen) atoms. The molecule has 0 fully saturated rings. The zero-order chi connectivity index (χ0) is 17.3. The van der Waals surface area contributed by atoms with Crippen LogP contribution in [0.3, 0.4) is 0 Å². The molecule has 2 aromatic heterocycles. The average molecular weight is 340 g/mol. The fourth-order valence-electron chi connectivity index (χ4n) is 2.93. The highest BCUT2D eigenvalue weighted by Crippen LogP contribution is 2.42. The third-order valence-corrected chi connectivity index (χ3v) is 4.98. The molecule has 3 rings (SSSR count). The van der Waals surface area contributed by atoms with E-state index < -0.39 is 0 Å². The van der Waals surface area contributed by atoms with Gasteiger partial charge in [-0.2, -0.15) is 0 Å². The van der Waals surface area contributed by atoms with Gasteiger partial charge in [0.1, 0.15) is 11.4 Å². The third kappa shape index (κ3) is 2.69. The second kappa shape index (κ2) is 6.69. The monoisotopic (exact) mass is 340 g/mol. The van der Waals surface area contributed by atoms with Gasteiger partial charge in [0, 0.05) is 16.7 Å². The van der Waals surface area contributed by atoms with Gasteiger partial charge in [0.25, 0.3) is 0 Å². The number of nitrogens with zero attached hydrogens (tertiary/aromatic N) is 2. The second-order valence-corrected chi connectivity index (χ2v) is 6.79. The highest BCUT2D eigenvalue weighted by Gasteiger charge is 2.23. The summed E-state index contributed by atoms with van der Waals surface area (Å²) in [6, 6.07) is 9.14. The number of ketones is 1. The quantitative estimate of drug-likeness (QED) is 0.545. The van der Waals surface area contributed by atoms with Crippen LogP contribution in [0.4, 0.5) is 0 Å². The lowest BCUT2D eigenvalue weighted by atomic mass is 10.0. The number of hydrogen-bond donors (Lipinski definition) is 1. The van der Waals surface area contributed by atoms with Gasteiger partial charge >= 0.3 is 0 Å². The van der Waals surface area contributed by atoms with E-state index >= 15 is 0 Å². The predicted molar refractivity (Wildman–Crippen MR) is 98.1 cm³/mol. The number of Topliss-reactive ketones (excluding diaryl/α,β-unsaturated/α-hetero) is 1. The van der Waals surface area contributed by atoms with E-state index in [0.717, 1.165) is 34.1 Å². The molecule has 0 amide bonds. The van der Waals surface area contributed by atoms with Crippen LogP contribution in [-0.2, 0) is 6.42 Å². The topological polar surface area (TPSA) is 54.6 Å². The Morgan fingerprint density at radius 2 is 2.04 bits per heavy atom. The molecule has 0 bridgehead atoms. The zero-order valence-electron chi connectivity index (χ0n) is 14.0. The molecule has 0 unspecified atom stereocenters. The van der Waals surface area contributed by atoms with Crippen LogP contribution in [0.2, 0.25) is 0 Å². The minimum absolute atomic E-state index is 0.000862. The number of hydrogen-bond acceptors (Lipinski definition) is 4. The highest BCUT2D eigenvalue weighted by molar-refractivity contribution is 7.99. The van der Waals surface area contributed by atoms with Crippen molar-refractivity contribution in [3.63, 3.8) is 0 Å². The van der Waals surface area contributed by atoms with Crippen LogP contribution in [0, 0.1) is 0 Å². The summed E-state index contributed by atoms with van der Waals surface area (Å²) in [6.07, 6.45) is 2.69. The first kappa shape index (κ1) is 16.6. The highest BCUT2D eigenvalue weighted by atomic mass is 32.2. The Kier molecular flexibility index (Phi) is 4.62. The fourth-order valence-corrected chi connectivity index (χ4v) is 3.93. The number of fused-ring (bicyclic) bond motifs is 1. The molecule has 0 atom stereocenters. The molecule has 1 aromatic carbocycles. The first-order chi connectivity index (χ1) is 11.6. The maximum Gasteiger partial charge on any atom is 0.160 e. The van der Waals surface area contributed by atoms with Crippen molar-refractivity contribution in [2.45, 2.75) is 32.1 Å². The van der Waals surface area contributed by atoms with Crippen LogP contribution >= 0.6 is 11.8 Å². The Labute approximate surface area is 145 Å². The molecule has 5 heteroatoms. The molecule has 124 valence electrons. The van der Waals surface area contributed by atoms with E-state index in [4.69, 9.17) is 0 Å². The third-order valence-electron chi connectivity index (χ3n) is 3.98. The molecule has 2 heterocycles. The molecule has 0 aliphatic heterocycles. The van der Waals surface area contributed by atoms with Gasteiger partial charge in [0.2, 0.25) is 0 Å². The van der Waals surface area contributed by atoms with E-state index in [1.165, 1.54) is 0 Å². The van der Waals surface area contributed by atoms with Crippen LogP contribution in [0.5, 0.6) is 5.75 Å². The number of phenols is 1. The maximum atomic E-state index is 12.1. The number of pyridine rings is 1. The lowest BCUT2D eigenvalue weighted by molar-refractivity contribution is 0.101. The molecule has 1 N–H and O–H groups in total. The van der Waals surface area contributed by atoms with E-state index in [-0.39, 0.29) is 11.5 Å². The van der Waals surface area contributed by atoms with Crippen LogP contribution in [0.15, 0.2) is 41.4 Å². The number of phenolic OH excluding ortho intramolecular Hbond substituents is 1. The van der Waals surface area contributed by atoms with Gasteiger partial charge in [-0.05, 0) is 43.4 Å². The van der Waals surface area contributed by atoms with Gasteiger partial charge in [-0.15, -0.1) is 11.8 Å². The Bertz CT molecular complexity index is 915. The van der Waals surface area contributed by atoms with Crippen molar-refractivity contribution in [3.8, 4) is 17.0 Å². The van der Waals surface area contributed by atoms with E-state index in [0.29, 0.717) is 11.1 Å². The summed E-state index contributed by atoms with van der Waals surface area (Å²) < 4.78 is 1.98. The number of thioether (sulfide) groups is 1. The Morgan fingerprint density at radius 1 is 1.25 bits per heavy atom. The Hall–Kier alpha value is -2.27. The lowest BCUT2D eigenvalue weighted by Gasteiger charge is -2.15. The van der Waals surface area contributed by atoms with Gasteiger partial charge in [0.05, 0.1) is 17.0 Å². The molecule has 0 spiro atoms. The number of benzene rings is 1. The molecule has 0 saturated heterocycles. The van der Waals surface area contributed by atoms with Gasteiger partial charge in [-0.1, -0.05) is 19.9 Å². The minimum Gasteiger partial charge on any atom is -0.507 e. The summed E-state index contributed by atoms with van der Waals surface area (Å²) in [6.45, 7) is 5.65. The van der Waals surface area contributed by atoms with Gasteiger partial charge < -0.3 is 5.11 Å². The van der Waals surface area contributed by atoms with Gasteiger partial charge in [0.15, 0.2) is 5.78 Å². The van der Waals surface area contributed by atoms with E-state index in [1.54, 1.807) is 30.8 Å². The van der Waals surface area contributed by atoms with E-state index in [1.807, 2.05) is 42.6 Å². The molecule has 3 aromatic rings. The second-order valence-electron chi connectivity index (χ2n) is 5.52. The molecule has 0 aliphatic rings. The van der Waals surface area contributed by atoms with Crippen LogP contribution in [-0.4, -0.2) is 26.0 Å². The van der Waals surface area contributed by atoms with Crippen LogP contribution in [0.1, 0.15) is 36.8 Å². The van der Waals surface area contributed by atoms with Crippen molar-refractivity contribution in [1.29, 1.82) is 0 Å². The molecule has 0 saturated carbocycles. The maximum absolute atomic E-state index is 12.1. The fraction of sp³-hybridized carbons (Fsp3) is 0.263. The number of carbonyl (C=O) groups excluding carboxylic acids is 1. The summed E-state index contributed by atoms with van der Waals surface area (Å²) in [7, 11) is 0. The smallest absolute Gasteiger partial charge is 0.160 e. The van der Waals surface area contributed by atoms with Gasteiger partial charge in [-0.3, -0.25) is 9.20 Å². The summed E-state index contributed by atoms with van der Waals surface area (Å²) in [5, 5.41) is 10.6. The zero-order valence-corrected chi connectivity index (χ0v) is 14.9. The number of carbonyl (C=O) groups is 1. The average Bonchev–Trinajstić information content (AvgIpc) is 2.93. The van der Waals surface area contributed by atoms with Crippen LogP contribution < -0.4 is 0 Å². The number of aromatic nitrogens is 2. The number of rotatable bonds is 5. The Morgan fingerprint density at radius 3 is 2.71 bits per heavy atom. The van der Waals surface area contributed by atoms with Crippen molar-refractivity contribution in [3.05, 3.63) is 47.8 Å². The molecular weight excluding hydrogens is 320 g/mol. The van der Waals surface area contributed by atoms with Crippen molar-refractivity contribution >= 4 is 23.2 Å².